The molecule has 2 aliphatic heterocycles. The molecule has 2 fully saturated rings. The Hall–Kier alpha value is -2.31. The summed E-state index contributed by atoms with van der Waals surface area (Å²) in [7, 11) is 1.68. The maximum atomic E-state index is 12.7. The lowest BCUT2D eigenvalue weighted by molar-refractivity contribution is -0.0755. The summed E-state index contributed by atoms with van der Waals surface area (Å²) < 4.78 is 11.9. The van der Waals surface area contributed by atoms with Gasteiger partial charge < -0.3 is 14.4 Å². The standard InChI is InChI=1S/C19H21N3O3/c1-24-17-10-22(18(23)16-7-8-20-13-21-16)12-19(17)9-15(11-25-19)14-5-3-2-4-6-14/h2-8,13,15,17H,9-12H2,1H3/t15-,17+,19+/m0/s1. The average Bonchev–Trinajstić information content (AvgIpc) is 3.27. The average molecular weight is 339 g/mol. The van der Waals surface area contributed by atoms with E-state index in [0.29, 0.717) is 31.3 Å². The predicted octanol–water partition coefficient (Wildman–Crippen LogP) is 1.89. The highest BCUT2D eigenvalue weighted by atomic mass is 16.6. The van der Waals surface area contributed by atoms with Crippen molar-refractivity contribution in [3.8, 4) is 0 Å². The minimum Gasteiger partial charge on any atom is -0.377 e. The lowest BCUT2D eigenvalue weighted by atomic mass is 9.87. The molecule has 0 bridgehead atoms. The zero-order chi connectivity index (χ0) is 17.3. The van der Waals surface area contributed by atoms with Gasteiger partial charge in [0, 0.05) is 19.2 Å². The first-order valence-corrected chi connectivity index (χ1v) is 8.49. The molecule has 2 aromatic rings. The lowest BCUT2D eigenvalue weighted by Crippen LogP contribution is -2.42. The van der Waals surface area contributed by atoms with Crippen molar-refractivity contribution < 1.29 is 14.3 Å². The second-order valence-corrected chi connectivity index (χ2v) is 6.69. The van der Waals surface area contributed by atoms with Crippen molar-refractivity contribution in [1.29, 1.82) is 0 Å². The van der Waals surface area contributed by atoms with Crippen molar-refractivity contribution in [3.05, 3.63) is 60.2 Å². The third kappa shape index (κ3) is 2.92. The van der Waals surface area contributed by atoms with Crippen LogP contribution in [-0.4, -0.2) is 59.3 Å². The summed E-state index contributed by atoms with van der Waals surface area (Å²) in [6.07, 6.45) is 3.69. The molecule has 4 rings (SSSR count). The van der Waals surface area contributed by atoms with E-state index in [0.717, 1.165) is 6.42 Å². The van der Waals surface area contributed by atoms with Crippen molar-refractivity contribution in [1.82, 2.24) is 14.9 Å². The molecule has 6 nitrogen and oxygen atoms in total. The number of hydrogen-bond donors (Lipinski definition) is 0. The molecule has 3 atom stereocenters. The number of carbonyl (C=O) groups excluding carboxylic acids is 1. The summed E-state index contributed by atoms with van der Waals surface area (Å²) in [5.41, 5.74) is 1.23. The number of hydrogen-bond acceptors (Lipinski definition) is 5. The SMILES string of the molecule is CO[C@@H]1CN(C(=O)c2ccncn2)C[C@]12C[C@H](c1ccccc1)CO2. The van der Waals surface area contributed by atoms with Crippen LogP contribution in [0.1, 0.15) is 28.4 Å². The van der Waals surface area contributed by atoms with Crippen LogP contribution in [0.3, 0.4) is 0 Å². The maximum absolute atomic E-state index is 12.7. The minimum atomic E-state index is -0.446. The van der Waals surface area contributed by atoms with Gasteiger partial charge in [0.25, 0.3) is 5.91 Å². The second-order valence-electron chi connectivity index (χ2n) is 6.69. The van der Waals surface area contributed by atoms with Gasteiger partial charge in [0.05, 0.1) is 19.7 Å². The van der Waals surface area contributed by atoms with Crippen LogP contribution >= 0.6 is 0 Å². The van der Waals surface area contributed by atoms with Crippen LogP contribution in [0.4, 0.5) is 0 Å². The van der Waals surface area contributed by atoms with E-state index < -0.39 is 5.60 Å². The highest BCUT2D eigenvalue weighted by Gasteiger charge is 2.54. The summed E-state index contributed by atoms with van der Waals surface area (Å²) in [5.74, 6) is 0.223. The maximum Gasteiger partial charge on any atom is 0.272 e. The number of aromatic nitrogens is 2. The molecule has 2 aliphatic rings. The van der Waals surface area contributed by atoms with Gasteiger partial charge in [-0.15, -0.1) is 0 Å². The third-order valence-electron chi connectivity index (χ3n) is 5.24. The van der Waals surface area contributed by atoms with Gasteiger partial charge in [0.15, 0.2) is 0 Å². The first-order valence-electron chi connectivity index (χ1n) is 8.49. The molecule has 0 aliphatic carbocycles. The van der Waals surface area contributed by atoms with E-state index in [2.05, 4.69) is 22.1 Å². The van der Waals surface area contributed by atoms with Crippen LogP contribution < -0.4 is 0 Å². The Morgan fingerprint density at radius 3 is 2.88 bits per heavy atom. The number of likely N-dealkylation sites (tertiary alicyclic amines) is 1. The Kier molecular flexibility index (Phi) is 4.23. The first kappa shape index (κ1) is 16.2. The largest absolute Gasteiger partial charge is 0.377 e. The molecule has 25 heavy (non-hydrogen) atoms. The number of benzene rings is 1. The molecular weight excluding hydrogens is 318 g/mol. The topological polar surface area (TPSA) is 64.5 Å². The van der Waals surface area contributed by atoms with Gasteiger partial charge in [-0.25, -0.2) is 9.97 Å². The van der Waals surface area contributed by atoms with Gasteiger partial charge >= 0.3 is 0 Å². The molecule has 1 aromatic heterocycles. The van der Waals surface area contributed by atoms with Gasteiger partial charge in [-0.1, -0.05) is 30.3 Å². The van der Waals surface area contributed by atoms with E-state index in [4.69, 9.17) is 9.47 Å². The van der Waals surface area contributed by atoms with Gasteiger partial charge in [-0.05, 0) is 18.1 Å². The number of ether oxygens (including phenoxy) is 2. The number of nitrogens with zero attached hydrogens (tertiary/aromatic N) is 3. The molecule has 0 radical (unpaired) electrons. The molecule has 3 heterocycles. The number of carbonyl (C=O) groups is 1. The molecular formula is C19H21N3O3. The summed E-state index contributed by atoms with van der Waals surface area (Å²) in [4.78, 5) is 22.4. The molecule has 1 spiro atoms. The van der Waals surface area contributed by atoms with Crippen LogP contribution in [0.5, 0.6) is 0 Å². The molecule has 6 heteroatoms. The number of methoxy groups -OCH3 is 1. The summed E-state index contributed by atoms with van der Waals surface area (Å²) in [5, 5.41) is 0. The van der Waals surface area contributed by atoms with E-state index in [1.165, 1.54) is 11.9 Å². The van der Waals surface area contributed by atoms with Crippen molar-refractivity contribution >= 4 is 5.91 Å². The summed E-state index contributed by atoms with van der Waals surface area (Å²) in [6.45, 7) is 1.69. The Morgan fingerprint density at radius 1 is 1.32 bits per heavy atom. The van der Waals surface area contributed by atoms with E-state index in [-0.39, 0.29) is 12.0 Å². The summed E-state index contributed by atoms with van der Waals surface area (Å²) >= 11 is 0. The van der Waals surface area contributed by atoms with Crippen LogP contribution in [0.15, 0.2) is 48.9 Å². The van der Waals surface area contributed by atoms with Crippen molar-refractivity contribution in [2.45, 2.75) is 24.0 Å². The van der Waals surface area contributed by atoms with E-state index in [1.807, 2.05) is 18.2 Å². The van der Waals surface area contributed by atoms with Crippen molar-refractivity contribution in [2.75, 3.05) is 26.8 Å². The molecule has 2 saturated heterocycles. The van der Waals surface area contributed by atoms with Gasteiger partial charge in [0.1, 0.15) is 23.7 Å². The molecule has 0 unspecified atom stereocenters. The third-order valence-corrected chi connectivity index (χ3v) is 5.24. The zero-order valence-electron chi connectivity index (χ0n) is 14.2. The smallest absolute Gasteiger partial charge is 0.272 e. The predicted molar refractivity (Wildman–Crippen MR) is 91.2 cm³/mol. The number of amides is 1. The molecule has 130 valence electrons. The fourth-order valence-corrected chi connectivity index (χ4v) is 3.95. The van der Waals surface area contributed by atoms with Gasteiger partial charge in [-0.3, -0.25) is 4.79 Å². The Bertz CT molecular complexity index is 740. The molecule has 1 aromatic carbocycles. The van der Waals surface area contributed by atoms with Crippen LogP contribution in [0, 0.1) is 0 Å². The Balaban J connectivity index is 1.53. The van der Waals surface area contributed by atoms with E-state index >= 15 is 0 Å². The molecule has 0 N–H and O–H groups in total. The van der Waals surface area contributed by atoms with Crippen LogP contribution in [0.25, 0.3) is 0 Å². The number of rotatable bonds is 3. The minimum absolute atomic E-state index is 0.104. The fourth-order valence-electron chi connectivity index (χ4n) is 3.95. The highest BCUT2D eigenvalue weighted by molar-refractivity contribution is 5.92. The van der Waals surface area contributed by atoms with Crippen molar-refractivity contribution in [2.24, 2.45) is 0 Å². The Morgan fingerprint density at radius 2 is 2.16 bits per heavy atom. The lowest BCUT2D eigenvalue weighted by Gasteiger charge is -2.28. The zero-order valence-corrected chi connectivity index (χ0v) is 14.2. The quantitative estimate of drug-likeness (QED) is 0.854. The van der Waals surface area contributed by atoms with Crippen molar-refractivity contribution in [3.63, 3.8) is 0 Å². The fraction of sp³-hybridized carbons (Fsp3) is 0.421. The van der Waals surface area contributed by atoms with Crippen LogP contribution in [0.2, 0.25) is 0 Å². The highest BCUT2D eigenvalue weighted by Crippen LogP contribution is 2.43. The van der Waals surface area contributed by atoms with E-state index in [1.54, 1.807) is 24.3 Å². The Labute approximate surface area is 146 Å². The van der Waals surface area contributed by atoms with Crippen LogP contribution in [-0.2, 0) is 9.47 Å². The second kappa shape index (κ2) is 6.54. The normalized spacial score (nSPS) is 28.6. The molecule has 0 saturated carbocycles. The monoisotopic (exact) mass is 339 g/mol. The van der Waals surface area contributed by atoms with E-state index in [9.17, 15) is 4.79 Å². The first-order chi connectivity index (χ1) is 12.2. The van der Waals surface area contributed by atoms with Gasteiger partial charge in [-0.2, -0.15) is 0 Å². The van der Waals surface area contributed by atoms with Gasteiger partial charge in [0.2, 0.25) is 0 Å². The summed E-state index contributed by atoms with van der Waals surface area (Å²) in [6, 6.07) is 12.0. The molecule has 1 amide bonds.